The number of nitrogens with zero attached hydrogens (tertiary/aromatic N) is 3. The highest BCUT2D eigenvalue weighted by molar-refractivity contribution is 5.97. The second kappa shape index (κ2) is 26.8. The van der Waals surface area contributed by atoms with Gasteiger partial charge in [-0.3, -0.25) is 43.7 Å². The van der Waals surface area contributed by atoms with Crippen LogP contribution in [-0.4, -0.2) is 138 Å². The molecule has 0 aromatic carbocycles. The van der Waals surface area contributed by atoms with Crippen LogP contribution >= 0.6 is 0 Å². The zero-order valence-corrected chi connectivity index (χ0v) is 33.7. The summed E-state index contributed by atoms with van der Waals surface area (Å²) >= 11 is 0. The van der Waals surface area contributed by atoms with E-state index in [0.717, 1.165) is 0 Å². The summed E-state index contributed by atoms with van der Waals surface area (Å²) in [4.78, 5) is 103. The third-order valence-corrected chi connectivity index (χ3v) is 8.19. The summed E-state index contributed by atoms with van der Waals surface area (Å²) in [7, 11) is 0. The van der Waals surface area contributed by atoms with Crippen LogP contribution in [0.15, 0.2) is 15.0 Å². The van der Waals surface area contributed by atoms with Crippen molar-refractivity contribution in [3.05, 3.63) is 0 Å². The van der Waals surface area contributed by atoms with E-state index in [0.29, 0.717) is 0 Å². The van der Waals surface area contributed by atoms with Crippen molar-refractivity contribution >= 4 is 59.3 Å². The highest BCUT2D eigenvalue weighted by Gasteiger charge is 2.34. The van der Waals surface area contributed by atoms with Gasteiger partial charge in [0, 0.05) is 19.6 Å². The number of nitrogens with one attached hydrogen (secondary N) is 6. The first-order chi connectivity index (χ1) is 27.0. The minimum atomic E-state index is -1.51. The summed E-state index contributed by atoms with van der Waals surface area (Å²) in [6.07, 6.45) is -0.981. The molecule has 0 heterocycles. The highest BCUT2D eigenvalue weighted by Crippen LogP contribution is 2.09. The van der Waals surface area contributed by atoms with E-state index in [1.807, 2.05) is 0 Å². The third kappa shape index (κ3) is 21.4. The molecule has 6 amide bonds. The Balaban J connectivity index is 6.26. The molecule has 8 atom stereocenters. The van der Waals surface area contributed by atoms with Gasteiger partial charge in [0.15, 0.2) is 17.9 Å². The maximum absolute atomic E-state index is 13.8. The molecule has 0 radical (unpaired) electrons. The predicted molar refractivity (Wildman–Crippen MR) is 215 cm³/mol. The molecule has 25 heteroatoms. The molecule has 0 saturated heterocycles. The summed E-state index contributed by atoms with van der Waals surface area (Å²) in [6.45, 7) is 7.42. The van der Waals surface area contributed by atoms with Gasteiger partial charge in [-0.1, -0.05) is 13.8 Å². The summed E-state index contributed by atoms with van der Waals surface area (Å²) in [5, 5.41) is 34.6. The molecule has 0 bridgehead atoms. The summed E-state index contributed by atoms with van der Waals surface area (Å²) in [5.74, 6) is -7.45. The Hall–Kier alpha value is -5.98. The molecule has 0 rings (SSSR count). The number of rotatable bonds is 27. The number of hydrogen-bond donors (Lipinski definition) is 15. The second-order valence-electron chi connectivity index (χ2n) is 13.8. The van der Waals surface area contributed by atoms with E-state index in [1.165, 1.54) is 20.8 Å². The SMILES string of the molecule is CC(C)[C@H](NC(=O)[C@H](CCCN=C(N)N)NC(=O)[C@H](CCCN=C(N)N)NC(=O)[C@@H](NC(=O)[C@H](C)N)[C@@H](C)O)C(=O)N[C@@H](C)C(=O)N[C@@H](CCCN=C(N)N)C(=O)O. The van der Waals surface area contributed by atoms with Crippen molar-refractivity contribution in [1.82, 2.24) is 31.9 Å². The number of amides is 6. The van der Waals surface area contributed by atoms with Crippen molar-refractivity contribution in [2.75, 3.05) is 19.6 Å². The lowest BCUT2D eigenvalue weighted by atomic mass is 10.0. The molecule has 0 spiro atoms. The fourth-order valence-electron chi connectivity index (χ4n) is 4.98. The molecule has 330 valence electrons. The van der Waals surface area contributed by atoms with E-state index in [9.17, 15) is 43.8 Å². The standard InChI is InChI=1S/C33H64N16O9/c1-15(2)22(28(55)44-17(4)25(52)47-21(30(57)58)11-8-14-43-33(39)40)48-27(54)20(10-7-13-42-32(37)38)45-26(53)19(9-6-12-41-31(35)36)46-29(56)23(18(5)50)49-24(51)16(3)34/h15-23,50H,6-14,34H2,1-5H3,(H,44,55)(H,45,53)(H,46,56)(H,47,52)(H,48,54)(H,49,51)(H,57,58)(H4,35,36,41)(H4,37,38,42)(H4,39,40,43)/t16-,17-,18+,19-,20-,21-,22-,23-/m0/s1. The Morgan fingerprint density at radius 3 is 1.24 bits per heavy atom. The van der Waals surface area contributed by atoms with Crippen molar-refractivity contribution in [2.45, 2.75) is 122 Å². The van der Waals surface area contributed by atoms with Crippen LogP contribution in [0.3, 0.4) is 0 Å². The van der Waals surface area contributed by atoms with E-state index in [1.54, 1.807) is 13.8 Å². The van der Waals surface area contributed by atoms with Gasteiger partial charge in [0.2, 0.25) is 35.4 Å². The maximum Gasteiger partial charge on any atom is 0.326 e. The van der Waals surface area contributed by atoms with Crippen LogP contribution in [0, 0.1) is 5.92 Å². The number of nitrogens with two attached hydrogens (primary N) is 7. The first-order valence-electron chi connectivity index (χ1n) is 18.6. The number of hydrogen-bond acceptors (Lipinski definition) is 12. The number of carbonyl (C=O) groups is 7. The largest absolute Gasteiger partial charge is 0.480 e. The molecular weight excluding hydrogens is 764 g/mol. The lowest BCUT2D eigenvalue weighted by molar-refractivity contribution is -0.142. The van der Waals surface area contributed by atoms with Crippen LogP contribution in [-0.2, 0) is 33.6 Å². The van der Waals surface area contributed by atoms with Crippen LogP contribution in [0.25, 0.3) is 0 Å². The van der Waals surface area contributed by atoms with Crippen LogP contribution in [0.2, 0.25) is 0 Å². The molecule has 58 heavy (non-hydrogen) atoms. The minimum absolute atomic E-state index is 0.00837. The van der Waals surface area contributed by atoms with Crippen LogP contribution in [0.5, 0.6) is 0 Å². The van der Waals surface area contributed by atoms with Crippen molar-refractivity contribution in [3.8, 4) is 0 Å². The van der Waals surface area contributed by atoms with Gasteiger partial charge in [-0.05, 0) is 65.2 Å². The summed E-state index contributed by atoms with van der Waals surface area (Å²) < 4.78 is 0. The number of carboxylic acids is 1. The number of carboxylic acid groups (broad SMARTS) is 1. The normalized spacial score (nSPS) is 15.0. The molecule has 0 aliphatic heterocycles. The van der Waals surface area contributed by atoms with E-state index in [2.05, 4.69) is 46.9 Å². The van der Waals surface area contributed by atoms with Crippen molar-refractivity contribution < 1.29 is 43.8 Å². The number of aliphatic carboxylic acids is 1. The van der Waals surface area contributed by atoms with Gasteiger partial charge in [0.1, 0.15) is 36.3 Å². The summed E-state index contributed by atoms with van der Waals surface area (Å²) in [5.41, 5.74) is 37.8. The maximum atomic E-state index is 13.8. The lowest BCUT2D eigenvalue weighted by Crippen LogP contribution is -2.61. The molecule has 22 N–H and O–H groups in total. The van der Waals surface area contributed by atoms with Gasteiger partial charge in [-0.2, -0.15) is 0 Å². The van der Waals surface area contributed by atoms with Gasteiger partial charge in [-0.15, -0.1) is 0 Å². The number of guanidine groups is 3. The number of aliphatic hydroxyl groups excluding tert-OH is 1. The average molecular weight is 829 g/mol. The van der Waals surface area contributed by atoms with Gasteiger partial charge in [-0.25, -0.2) is 4.79 Å². The molecule has 0 aliphatic rings. The van der Waals surface area contributed by atoms with E-state index < -0.39 is 95.7 Å². The summed E-state index contributed by atoms with van der Waals surface area (Å²) in [6, 6.07) is -9.03. The Labute approximate surface area is 337 Å². The molecule has 0 unspecified atom stereocenters. The van der Waals surface area contributed by atoms with Crippen molar-refractivity contribution in [3.63, 3.8) is 0 Å². The first kappa shape index (κ1) is 52.0. The van der Waals surface area contributed by atoms with Crippen LogP contribution in [0.1, 0.15) is 73.1 Å². The van der Waals surface area contributed by atoms with Gasteiger partial charge in [0.25, 0.3) is 0 Å². The van der Waals surface area contributed by atoms with E-state index in [-0.39, 0.29) is 76.0 Å². The third-order valence-electron chi connectivity index (χ3n) is 8.19. The average Bonchev–Trinajstić information content (AvgIpc) is 3.11. The zero-order chi connectivity index (χ0) is 44.7. The lowest BCUT2D eigenvalue weighted by Gasteiger charge is -2.28. The van der Waals surface area contributed by atoms with Gasteiger partial charge < -0.3 is 82.2 Å². The molecule has 25 nitrogen and oxygen atoms in total. The smallest absolute Gasteiger partial charge is 0.326 e. The van der Waals surface area contributed by atoms with Crippen molar-refractivity contribution in [2.24, 2.45) is 61.0 Å². The van der Waals surface area contributed by atoms with E-state index in [4.69, 9.17) is 40.1 Å². The molecule has 0 aromatic rings. The topological polar surface area (TPSA) is 451 Å². The molecule has 0 aromatic heterocycles. The highest BCUT2D eigenvalue weighted by atomic mass is 16.4. The minimum Gasteiger partial charge on any atom is -0.480 e. The predicted octanol–water partition coefficient (Wildman–Crippen LogP) is -6.46. The van der Waals surface area contributed by atoms with Gasteiger partial charge in [0.05, 0.1) is 12.1 Å². The van der Waals surface area contributed by atoms with Gasteiger partial charge >= 0.3 is 5.97 Å². The molecule has 0 fully saturated rings. The monoisotopic (exact) mass is 829 g/mol. The fraction of sp³-hybridized carbons (Fsp3) is 0.697. The number of carbonyl (C=O) groups excluding carboxylic acids is 6. The fourth-order valence-corrected chi connectivity index (χ4v) is 4.98. The molecule has 0 saturated carbocycles. The Bertz CT molecular complexity index is 1480. The Morgan fingerprint density at radius 1 is 0.500 bits per heavy atom. The van der Waals surface area contributed by atoms with Crippen LogP contribution in [0.4, 0.5) is 0 Å². The Kier molecular flexibility index (Phi) is 24.0. The Morgan fingerprint density at radius 2 is 0.862 bits per heavy atom. The van der Waals surface area contributed by atoms with Crippen molar-refractivity contribution in [1.29, 1.82) is 0 Å². The quantitative estimate of drug-likeness (QED) is 0.0208. The zero-order valence-electron chi connectivity index (χ0n) is 33.7. The van der Waals surface area contributed by atoms with Crippen LogP contribution < -0.4 is 72.0 Å². The van der Waals surface area contributed by atoms with E-state index >= 15 is 0 Å². The molecule has 0 aliphatic carbocycles. The number of aliphatic imine (C=N–C) groups is 3. The second-order valence-corrected chi connectivity index (χ2v) is 13.8. The first-order valence-corrected chi connectivity index (χ1v) is 18.6. The molecular formula is C33H64N16O9. The number of aliphatic hydroxyl groups is 1.